The highest BCUT2D eigenvalue weighted by Crippen LogP contribution is 2.27. The van der Waals surface area contributed by atoms with Crippen molar-refractivity contribution in [3.8, 4) is 0 Å². The lowest BCUT2D eigenvalue weighted by Gasteiger charge is -2.25. The standard InChI is InChI=1S/C14H18FNO3/c1-8-5-9(15)7-10(6-8)16-12(17)11(13(18)19)14(2,3)4/h5-7,11H,1-4H3,(H,16,17)(H,18,19). The Bertz CT molecular complexity index is 486. The van der Waals surface area contributed by atoms with Gasteiger partial charge in [-0.05, 0) is 36.1 Å². The van der Waals surface area contributed by atoms with Crippen LogP contribution in [-0.4, -0.2) is 17.0 Å². The molecule has 0 saturated carbocycles. The Morgan fingerprint density at radius 1 is 1.26 bits per heavy atom. The summed E-state index contributed by atoms with van der Waals surface area (Å²) in [7, 11) is 0. The first-order valence-corrected chi connectivity index (χ1v) is 5.92. The molecule has 104 valence electrons. The first-order chi connectivity index (χ1) is 8.61. The van der Waals surface area contributed by atoms with Gasteiger partial charge >= 0.3 is 5.97 Å². The lowest BCUT2D eigenvalue weighted by atomic mass is 9.80. The Kier molecular flexibility index (Phi) is 4.29. The molecule has 0 aromatic heterocycles. The molecule has 1 unspecified atom stereocenters. The number of anilines is 1. The molecular formula is C14H18FNO3. The van der Waals surface area contributed by atoms with E-state index in [-0.39, 0.29) is 5.69 Å². The Morgan fingerprint density at radius 3 is 2.26 bits per heavy atom. The van der Waals surface area contributed by atoms with Crippen LogP contribution in [0, 0.1) is 24.1 Å². The number of aliphatic carboxylic acids is 1. The van der Waals surface area contributed by atoms with Gasteiger partial charge in [0, 0.05) is 5.69 Å². The van der Waals surface area contributed by atoms with Crippen molar-refractivity contribution in [3.05, 3.63) is 29.6 Å². The van der Waals surface area contributed by atoms with Crippen LogP contribution in [0.25, 0.3) is 0 Å². The van der Waals surface area contributed by atoms with Crippen molar-refractivity contribution in [2.45, 2.75) is 27.7 Å². The highest BCUT2D eigenvalue weighted by atomic mass is 19.1. The van der Waals surface area contributed by atoms with Crippen LogP contribution >= 0.6 is 0 Å². The molecule has 0 fully saturated rings. The van der Waals surface area contributed by atoms with Crippen LogP contribution < -0.4 is 5.32 Å². The lowest BCUT2D eigenvalue weighted by molar-refractivity contribution is -0.149. The minimum atomic E-state index is -1.20. The van der Waals surface area contributed by atoms with Gasteiger partial charge in [0.05, 0.1) is 0 Å². The minimum absolute atomic E-state index is 0.262. The fourth-order valence-electron chi connectivity index (χ4n) is 1.90. The monoisotopic (exact) mass is 267 g/mol. The summed E-state index contributed by atoms with van der Waals surface area (Å²) >= 11 is 0. The summed E-state index contributed by atoms with van der Waals surface area (Å²) < 4.78 is 13.2. The quantitative estimate of drug-likeness (QED) is 0.827. The van der Waals surface area contributed by atoms with Gasteiger partial charge in [-0.15, -0.1) is 0 Å². The third-order valence-electron chi connectivity index (χ3n) is 2.68. The molecule has 1 rings (SSSR count). The van der Waals surface area contributed by atoms with E-state index >= 15 is 0 Å². The highest BCUT2D eigenvalue weighted by molar-refractivity contribution is 6.04. The number of halogens is 1. The molecule has 4 nitrogen and oxygen atoms in total. The smallest absolute Gasteiger partial charge is 0.316 e. The van der Waals surface area contributed by atoms with Crippen LogP contribution in [0.15, 0.2) is 18.2 Å². The summed E-state index contributed by atoms with van der Waals surface area (Å²) in [4.78, 5) is 23.2. The van der Waals surface area contributed by atoms with Crippen molar-refractivity contribution < 1.29 is 19.1 Å². The summed E-state index contributed by atoms with van der Waals surface area (Å²) in [5.74, 6) is -3.52. The second kappa shape index (κ2) is 5.38. The molecule has 1 aromatic rings. The third-order valence-corrected chi connectivity index (χ3v) is 2.68. The number of carbonyl (C=O) groups excluding carboxylic acids is 1. The first kappa shape index (κ1) is 15.1. The molecule has 19 heavy (non-hydrogen) atoms. The van der Waals surface area contributed by atoms with Crippen molar-refractivity contribution >= 4 is 17.6 Å². The Morgan fingerprint density at radius 2 is 1.84 bits per heavy atom. The average Bonchev–Trinajstić information content (AvgIpc) is 2.10. The predicted octanol–water partition coefficient (Wildman–Crippen LogP) is 2.82. The maximum Gasteiger partial charge on any atom is 0.316 e. The van der Waals surface area contributed by atoms with Gasteiger partial charge in [-0.2, -0.15) is 0 Å². The fraction of sp³-hybridized carbons (Fsp3) is 0.429. The van der Waals surface area contributed by atoms with Crippen LogP contribution in [0.5, 0.6) is 0 Å². The van der Waals surface area contributed by atoms with Gasteiger partial charge in [0.2, 0.25) is 5.91 Å². The Balaban J connectivity index is 2.97. The molecule has 0 spiro atoms. The topological polar surface area (TPSA) is 66.4 Å². The zero-order valence-electron chi connectivity index (χ0n) is 11.5. The molecule has 1 atom stereocenters. The van der Waals surface area contributed by atoms with Crippen LogP contribution in [-0.2, 0) is 9.59 Å². The third kappa shape index (κ3) is 4.05. The van der Waals surface area contributed by atoms with E-state index in [2.05, 4.69) is 5.32 Å². The number of aryl methyl sites for hydroxylation is 1. The number of benzene rings is 1. The van der Waals surface area contributed by atoms with Gasteiger partial charge in [-0.1, -0.05) is 20.8 Å². The van der Waals surface area contributed by atoms with Gasteiger partial charge in [-0.25, -0.2) is 4.39 Å². The first-order valence-electron chi connectivity index (χ1n) is 5.92. The van der Waals surface area contributed by atoms with Crippen molar-refractivity contribution in [2.24, 2.45) is 11.3 Å². The van der Waals surface area contributed by atoms with E-state index in [0.717, 1.165) is 6.07 Å². The van der Waals surface area contributed by atoms with E-state index in [1.807, 2.05) is 0 Å². The van der Waals surface area contributed by atoms with Crippen LogP contribution in [0.1, 0.15) is 26.3 Å². The molecule has 2 N–H and O–H groups in total. The van der Waals surface area contributed by atoms with Crippen molar-refractivity contribution in [3.63, 3.8) is 0 Å². The Hall–Kier alpha value is -1.91. The number of nitrogens with one attached hydrogen (secondary N) is 1. The largest absolute Gasteiger partial charge is 0.481 e. The number of hydrogen-bond acceptors (Lipinski definition) is 2. The van der Waals surface area contributed by atoms with Gasteiger partial charge in [-0.3, -0.25) is 9.59 Å². The number of carboxylic acids is 1. The number of amides is 1. The second-order valence-electron chi connectivity index (χ2n) is 5.64. The van der Waals surface area contributed by atoms with Crippen molar-refractivity contribution in [1.29, 1.82) is 0 Å². The number of hydrogen-bond donors (Lipinski definition) is 2. The lowest BCUT2D eigenvalue weighted by Crippen LogP contribution is -2.39. The van der Waals surface area contributed by atoms with Crippen LogP contribution in [0.4, 0.5) is 10.1 Å². The predicted molar refractivity (Wildman–Crippen MR) is 70.3 cm³/mol. The summed E-state index contributed by atoms with van der Waals surface area (Å²) in [5, 5.41) is 11.6. The van der Waals surface area contributed by atoms with E-state index in [1.54, 1.807) is 33.8 Å². The number of carboxylic acid groups (broad SMARTS) is 1. The number of carbonyl (C=O) groups is 2. The zero-order chi connectivity index (χ0) is 14.8. The molecule has 0 bridgehead atoms. The Labute approximate surface area is 111 Å². The molecule has 0 radical (unpaired) electrons. The molecule has 0 heterocycles. The van der Waals surface area contributed by atoms with Crippen LogP contribution in [0.3, 0.4) is 0 Å². The molecule has 1 aromatic carbocycles. The molecule has 1 amide bonds. The average molecular weight is 267 g/mol. The number of rotatable bonds is 3. The van der Waals surface area contributed by atoms with Gasteiger partial charge in [0.1, 0.15) is 11.7 Å². The SMILES string of the molecule is Cc1cc(F)cc(NC(=O)C(C(=O)O)C(C)(C)C)c1. The van der Waals surface area contributed by atoms with E-state index in [4.69, 9.17) is 5.11 Å². The fourth-order valence-corrected chi connectivity index (χ4v) is 1.90. The zero-order valence-corrected chi connectivity index (χ0v) is 11.5. The molecular weight excluding hydrogens is 249 g/mol. The molecule has 0 aliphatic heterocycles. The normalized spacial score (nSPS) is 12.9. The van der Waals surface area contributed by atoms with Crippen molar-refractivity contribution in [1.82, 2.24) is 0 Å². The van der Waals surface area contributed by atoms with Crippen LogP contribution in [0.2, 0.25) is 0 Å². The van der Waals surface area contributed by atoms with Gasteiger partial charge < -0.3 is 10.4 Å². The van der Waals surface area contributed by atoms with Gasteiger partial charge in [0.25, 0.3) is 0 Å². The molecule has 0 aliphatic carbocycles. The van der Waals surface area contributed by atoms with Gasteiger partial charge in [0.15, 0.2) is 0 Å². The summed E-state index contributed by atoms with van der Waals surface area (Å²) in [6.07, 6.45) is 0. The molecule has 5 heteroatoms. The minimum Gasteiger partial charge on any atom is -0.481 e. The van der Waals surface area contributed by atoms with E-state index < -0.39 is 29.0 Å². The molecule has 0 saturated heterocycles. The maximum absolute atomic E-state index is 13.2. The van der Waals surface area contributed by atoms with E-state index in [0.29, 0.717) is 5.56 Å². The summed E-state index contributed by atoms with van der Waals surface area (Å²) in [6.45, 7) is 6.70. The van der Waals surface area contributed by atoms with E-state index in [9.17, 15) is 14.0 Å². The van der Waals surface area contributed by atoms with E-state index in [1.165, 1.54) is 6.07 Å². The summed E-state index contributed by atoms with van der Waals surface area (Å²) in [5.41, 5.74) is 0.189. The second-order valence-corrected chi connectivity index (χ2v) is 5.64. The summed E-state index contributed by atoms with van der Waals surface area (Å²) in [6, 6.07) is 4.07. The van der Waals surface area contributed by atoms with Crippen molar-refractivity contribution in [2.75, 3.05) is 5.32 Å². The highest BCUT2D eigenvalue weighted by Gasteiger charge is 2.37. The molecule has 0 aliphatic rings. The maximum atomic E-state index is 13.2.